The maximum absolute atomic E-state index is 15.2. The molecule has 3 aliphatic carbocycles. The minimum atomic E-state index is -2.12. The Morgan fingerprint density at radius 3 is 1.69 bits per heavy atom. The van der Waals surface area contributed by atoms with E-state index >= 15 is 4.79 Å². The van der Waals surface area contributed by atoms with Crippen molar-refractivity contribution in [2.75, 3.05) is 127 Å². The Morgan fingerprint density at radius 1 is 0.559 bits per heavy atom. The van der Waals surface area contributed by atoms with E-state index in [1.165, 1.54) is 90.7 Å². The number of nitrogens with one attached hydrogen (secondary N) is 5. The summed E-state index contributed by atoms with van der Waals surface area (Å²) >= 11 is 0. The molecule has 0 aromatic heterocycles. The zero-order chi connectivity index (χ0) is 102. The number of aliphatic hydroxyl groups excluding tert-OH is 8. The maximum Gasteiger partial charge on any atom is 0.416 e. The summed E-state index contributed by atoms with van der Waals surface area (Å²) in [6.07, 6.45) is -19.2. The van der Waals surface area contributed by atoms with Crippen LogP contribution in [0.4, 0.5) is 37.1 Å². The second kappa shape index (κ2) is 48.8. The van der Waals surface area contributed by atoms with Gasteiger partial charge in [-0.2, -0.15) is 0 Å². The molecule has 5 fully saturated rings. The number of alkyl carbamates (subject to hydrolysis) is 1. The number of unbranched alkanes of at least 4 members (excludes halogenated alkanes) is 2. The van der Waals surface area contributed by atoms with Crippen molar-refractivity contribution in [3.05, 3.63) is 124 Å². The molecule has 15 N–H and O–H groups in total. The van der Waals surface area contributed by atoms with Crippen LogP contribution in [0.5, 0.6) is 28.7 Å². The molecule has 0 radical (unpaired) electrons. The number of anilines is 4. The molecule has 19 atom stereocenters. The zero-order valence-corrected chi connectivity index (χ0v) is 79.6. The van der Waals surface area contributed by atoms with Crippen molar-refractivity contribution in [3.8, 4) is 40.6 Å². The van der Waals surface area contributed by atoms with Crippen molar-refractivity contribution in [2.45, 2.75) is 216 Å². The normalized spacial score (nSPS) is 25.1. The molecular formula is C98H123N9O36. The first-order valence-corrected chi connectivity index (χ1v) is 47.6. The van der Waals surface area contributed by atoms with Crippen LogP contribution in [0, 0.1) is 40.9 Å². The van der Waals surface area contributed by atoms with Crippen LogP contribution in [-0.2, 0) is 102 Å². The largest absolute Gasteiger partial charge is 0.493 e. The van der Waals surface area contributed by atoms with Crippen LogP contribution in [0.2, 0.25) is 0 Å². The van der Waals surface area contributed by atoms with Crippen molar-refractivity contribution in [1.29, 1.82) is 0 Å². The summed E-state index contributed by atoms with van der Waals surface area (Å²) in [5.41, 5.74) is 1.41. The molecule has 5 aromatic carbocycles. The standard InChI is InChI=1S/C98H123N9O36/c1-52(2)76(100-53(3)108)86(117)103-66(50-137-93-81(114)77(110)79(112)83(142-93)91(122)123)85(116)101-58-22-21-57(65(40-58)102-75(109)25-31-131-33-35-133-37-38-134-36-34-132-32-28-99-95(126)138-49-64-60-17-9-6-7-10-18-61(60)64)48-140-97(128)107-68-44-74(72(130-5)42-63(68)88(119)105-51-98(26-27-98)45-70(105)90(107)121)136-30-14-8-13-29-135-73-43-67-62(41-71(73)129-4)87(118)104-46-56-16-12-11-15-55(56)39-69(104)89(120)106(67)96(127)139-47-54-19-23-59(24-20-54)141-94-82(115)78(111)80(113)84(143-94)92(124)125/h11-12,15-16,19-24,40-44,52,60-61,64,66,69-70,76-84,89-90,93-94,110-115,120-121H,8-10,13-14,17-18,25-39,45-51H2,1-5H3,(H,99,126)(H,100,108)(H,101,116)(H,102,109)(H,103,117)(H,122,123)(H,124,125)/t60-,61+,64?,66-,69-,70-,76-,77-,78-,79-,80-,81+,82+,83-,84-,89-,90-,93+,94+/m0/s1. The van der Waals surface area contributed by atoms with Gasteiger partial charge in [-0.25, -0.2) is 33.8 Å². The first-order valence-electron chi connectivity index (χ1n) is 47.6. The second-order valence-corrected chi connectivity index (χ2v) is 36.8. The number of methoxy groups -OCH3 is 2. The second-order valence-electron chi connectivity index (χ2n) is 36.8. The number of fused-ring (bicyclic) bond motifs is 6. The van der Waals surface area contributed by atoms with E-state index in [1.807, 2.05) is 24.3 Å². The minimum absolute atomic E-state index is 0.00407. The summed E-state index contributed by atoms with van der Waals surface area (Å²) in [4.78, 5) is 156. The lowest BCUT2D eigenvalue weighted by Gasteiger charge is -2.39. The van der Waals surface area contributed by atoms with Crippen molar-refractivity contribution in [1.82, 2.24) is 25.8 Å². The lowest BCUT2D eigenvalue weighted by atomic mass is 9.93. The number of aliphatic carboxylic acids is 2. The lowest BCUT2D eigenvalue weighted by Crippen LogP contribution is -2.61. The van der Waals surface area contributed by atoms with Crippen LogP contribution >= 0.6 is 0 Å². The summed E-state index contributed by atoms with van der Waals surface area (Å²) in [6, 6.07) is 17.8. The molecule has 5 aromatic rings. The Bertz CT molecular complexity index is 5410. The highest BCUT2D eigenvalue weighted by Crippen LogP contribution is 2.58. The van der Waals surface area contributed by atoms with Gasteiger partial charge in [-0.05, 0) is 140 Å². The summed E-state index contributed by atoms with van der Waals surface area (Å²) in [6.45, 7) is 4.66. The summed E-state index contributed by atoms with van der Waals surface area (Å²) < 4.78 is 86.2. The van der Waals surface area contributed by atoms with E-state index < -0.39 is 189 Å². The number of nitrogens with zero attached hydrogens (tertiary/aromatic N) is 4. The molecule has 776 valence electrons. The van der Waals surface area contributed by atoms with Gasteiger partial charge in [0, 0.05) is 68.5 Å². The molecule has 143 heavy (non-hydrogen) atoms. The quantitative estimate of drug-likeness (QED) is 0.0151. The molecule has 45 heteroatoms. The fourth-order valence-electron chi connectivity index (χ4n) is 18.6. The topological polar surface area (TPSA) is 602 Å². The van der Waals surface area contributed by atoms with Crippen LogP contribution in [0.25, 0.3) is 0 Å². The van der Waals surface area contributed by atoms with E-state index in [-0.39, 0.29) is 172 Å². The van der Waals surface area contributed by atoms with Crippen LogP contribution in [-0.4, -0.2) is 331 Å². The SMILES string of the molecule is COc1cc2c(cc1OCCCCCOc1cc3c(cc1OC)C(=O)N1CC4(CC4)C[C@H]1[C@H](O)N3C(=O)OCc1ccc(NC(=O)[C@H](CO[C@@H]3O[C@H](C(=O)O)[C@@H](O)[C@H](O)[C@H]3O)NC(=O)[C@@H](NC(C)=O)C(C)C)cc1NC(=O)CCOCCOCCOCCOCCNC(=O)OCC1[C@H]3CCC#CCC[C@@H]13)N(C(=O)OCc1ccc(O[C@@H]3O[C@H](C(=O)O)[C@@H](O)[C@H](O)[C@H]3O)cc1)[C@@H](O)[C@@H]1Cc3ccccc3CN1C2=O. The first kappa shape index (κ1) is 106. The van der Waals surface area contributed by atoms with E-state index in [0.29, 0.717) is 55.6 Å². The number of hydrogen-bond acceptors (Lipinski definition) is 34. The van der Waals surface area contributed by atoms with Gasteiger partial charge in [0.15, 0.2) is 54.0 Å². The van der Waals surface area contributed by atoms with Gasteiger partial charge in [0.25, 0.3) is 11.8 Å². The van der Waals surface area contributed by atoms with Crippen LogP contribution in [0.1, 0.15) is 134 Å². The minimum Gasteiger partial charge on any atom is -0.493 e. The first-order chi connectivity index (χ1) is 68.7. The van der Waals surface area contributed by atoms with Gasteiger partial charge in [0.05, 0.1) is 135 Å². The Kier molecular flexibility index (Phi) is 36.3. The highest BCUT2D eigenvalue weighted by atomic mass is 16.7. The van der Waals surface area contributed by atoms with Crippen molar-refractivity contribution >= 4 is 88.4 Å². The zero-order valence-electron chi connectivity index (χ0n) is 79.6. The molecule has 1 unspecified atom stereocenters. The van der Waals surface area contributed by atoms with Crippen LogP contribution in [0.3, 0.4) is 0 Å². The third kappa shape index (κ3) is 26.2. The molecule has 3 saturated heterocycles. The molecule has 2 saturated carbocycles. The van der Waals surface area contributed by atoms with E-state index in [0.717, 1.165) is 66.4 Å². The number of benzene rings is 5. The van der Waals surface area contributed by atoms with Crippen molar-refractivity contribution in [3.63, 3.8) is 0 Å². The Hall–Kier alpha value is -12.4. The van der Waals surface area contributed by atoms with Gasteiger partial charge in [-0.1, -0.05) is 56.3 Å². The number of carboxylic acids is 2. The molecule has 6 heterocycles. The fraction of sp³-hybridized carbons (Fsp3) is 0.561. The molecule has 9 amide bonds. The number of carbonyl (C=O) groups excluding carboxylic acids is 9. The van der Waals surface area contributed by atoms with Gasteiger partial charge in [-0.3, -0.25) is 28.8 Å². The Balaban J connectivity index is 0.626. The Morgan fingerprint density at radius 2 is 1.11 bits per heavy atom. The molecule has 0 bridgehead atoms. The monoisotopic (exact) mass is 2000 g/mol. The molecule has 14 rings (SSSR count). The van der Waals surface area contributed by atoms with E-state index in [9.17, 15) is 99.0 Å². The van der Waals surface area contributed by atoms with Crippen LogP contribution < -0.4 is 60.1 Å². The molecule has 6 aliphatic heterocycles. The highest BCUT2D eigenvalue weighted by molar-refractivity contribution is 6.08. The van der Waals surface area contributed by atoms with Gasteiger partial charge < -0.3 is 159 Å². The summed E-state index contributed by atoms with van der Waals surface area (Å²) in [5, 5.41) is 120. The maximum atomic E-state index is 15.2. The molecule has 1 spiro atoms. The highest BCUT2D eigenvalue weighted by Gasteiger charge is 2.59. The van der Waals surface area contributed by atoms with Gasteiger partial charge in [0.2, 0.25) is 29.9 Å². The third-order valence-corrected chi connectivity index (χ3v) is 26.7. The smallest absolute Gasteiger partial charge is 0.416 e. The average Bonchev–Trinajstić information content (AvgIpc) is 1.57. The van der Waals surface area contributed by atoms with Gasteiger partial charge >= 0.3 is 30.2 Å². The number of aliphatic hydroxyl groups is 8. The van der Waals surface area contributed by atoms with E-state index in [2.05, 4.69) is 38.4 Å². The number of hydrogen-bond donors (Lipinski definition) is 15. The van der Waals surface area contributed by atoms with E-state index in [4.69, 9.17) is 71.1 Å². The lowest BCUT2D eigenvalue weighted by molar-refractivity contribution is -0.294. The van der Waals surface area contributed by atoms with Crippen molar-refractivity contribution in [2.24, 2.45) is 29.1 Å². The predicted octanol–water partition coefficient (Wildman–Crippen LogP) is 3.17. The molecule has 45 nitrogen and oxygen atoms in total. The summed E-state index contributed by atoms with van der Waals surface area (Å²) in [5.74, 6) is 0.0787. The fourth-order valence-corrected chi connectivity index (χ4v) is 18.6. The number of ether oxygens (including phenoxy) is 15. The molecule has 9 aliphatic rings. The predicted molar refractivity (Wildman–Crippen MR) is 497 cm³/mol. The summed E-state index contributed by atoms with van der Waals surface area (Å²) in [7, 11) is 2.73. The number of amides is 9. The van der Waals surface area contributed by atoms with Crippen LogP contribution in [0.15, 0.2) is 91.0 Å². The molecular weight excluding hydrogens is 1880 g/mol. The van der Waals surface area contributed by atoms with Gasteiger partial charge in [0.1, 0.15) is 67.7 Å². The third-order valence-electron chi connectivity index (χ3n) is 26.7. The van der Waals surface area contributed by atoms with Crippen molar-refractivity contribution < 1.29 is 175 Å². The number of carboxylic acid groups (broad SMARTS) is 2. The van der Waals surface area contributed by atoms with Gasteiger partial charge in [-0.15, -0.1) is 11.8 Å². The van der Waals surface area contributed by atoms with E-state index in [1.54, 1.807) is 13.8 Å². The Labute approximate surface area is 822 Å². The number of carbonyl (C=O) groups is 11. The average molecular weight is 2000 g/mol. The number of rotatable bonds is 45.